The van der Waals surface area contributed by atoms with Gasteiger partial charge in [0, 0.05) is 46.9 Å². The highest BCUT2D eigenvalue weighted by molar-refractivity contribution is 7.90. The first-order chi connectivity index (χ1) is 14.7. The molecule has 9 nitrogen and oxygen atoms in total. The maximum Gasteiger partial charge on any atom is 0.346 e. The number of aromatic nitrogens is 4. The molecular weight excluding hydrogens is 445 g/mol. The smallest absolute Gasteiger partial charge is 0.327 e. The molecule has 3 heterocycles. The molecule has 0 aliphatic rings. The van der Waals surface area contributed by atoms with Crippen LogP contribution in [0.15, 0.2) is 58.3 Å². The van der Waals surface area contributed by atoms with Crippen LogP contribution in [0.25, 0.3) is 10.4 Å². The molecule has 0 aliphatic carbocycles. The highest BCUT2D eigenvalue weighted by Gasteiger charge is 2.11. The number of rotatable bonds is 9. The van der Waals surface area contributed by atoms with E-state index < -0.39 is 9.84 Å². The average molecular weight is 468 g/mol. The SMILES string of the molecule is CS(=O)(=O)CCn1cc(-c2ccc(Cn3cnn(C/C(=C/F)CN)c3=O)s2)ccc1=O. The number of nitrogens with two attached hydrogens (primary N) is 1. The molecule has 0 radical (unpaired) electrons. The van der Waals surface area contributed by atoms with Crippen molar-refractivity contribution in [1.29, 1.82) is 0 Å². The van der Waals surface area contributed by atoms with Gasteiger partial charge in [0.2, 0.25) is 0 Å². The lowest BCUT2D eigenvalue weighted by Gasteiger charge is -2.06. The van der Waals surface area contributed by atoms with Gasteiger partial charge in [-0.3, -0.25) is 9.36 Å². The number of hydrogen-bond donors (Lipinski definition) is 1. The zero-order chi connectivity index (χ0) is 22.6. The van der Waals surface area contributed by atoms with E-state index >= 15 is 0 Å². The standard InChI is InChI=1S/C19H22FN5O4S2/c1-31(28,29)7-6-23-11-15(2-5-18(23)26)17-4-3-16(30-17)12-24-13-22-25(19(24)27)10-14(8-20)9-21/h2-5,8,11,13H,6-7,9-10,12,21H2,1H3/b14-8+. The van der Waals surface area contributed by atoms with Crippen LogP contribution in [0.4, 0.5) is 4.39 Å². The molecule has 0 saturated heterocycles. The van der Waals surface area contributed by atoms with E-state index in [9.17, 15) is 22.4 Å². The summed E-state index contributed by atoms with van der Waals surface area (Å²) < 4.78 is 39.4. The van der Waals surface area contributed by atoms with Gasteiger partial charge in [-0.15, -0.1) is 11.3 Å². The summed E-state index contributed by atoms with van der Waals surface area (Å²) in [6.45, 7) is 0.352. The minimum absolute atomic E-state index is 0.00355. The van der Waals surface area contributed by atoms with Crippen molar-refractivity contribution >= 4 is 21.2 Å². The van der Waals surface area contributed by atoms with Crippen LogP contribution in [-0.4, -0.2) is 45.9 Å². The summed E-state index contributed by atoms with van der Waals surface area (Å²) >= 11 is 1.44. The van der Waals surface area contributed by atoms with E-state index in [4.69, 9.17) is 5.73 Å². The summed E-state index contributed by atoms with van der Waals surface area (Å²) in [6.07, 6.45) is 4.53. The van der Waals surface area contributed by atoms with E-state index in [0.717, 1.165) is 26.3 Å². The molecule has 31 heavy (non-hydrogen) atoms. The second kappa shape index (κ2) is 9.54. The Morgan fingerprint density at radius 3 is 2.68 bits per heavy atom. The molecule has 0 bridgehead atoms. The minimum Gasteiger partial charge on any atom is -0.327 e. The van der Waals surface area contributed by atoms with Crippen LogP contribution < -0.4 is 17.0 Å². The van der Waals surface area contributed by atoms with E-state index in [1.165, 1.54) is 32.9 Å². The molecule has 3 aromatic rings. The number of halogens is 1. The van der Waals surface area contributed by atoms with Crippen LogP contribution in [-0.2, 0) is 29.5 Å². The number of pyridine rings is 1. The first-order valence-electron chi connectivity index (χ1n) is 9.28. The Morgan fingerprint density at radius 2 is 2.00 bits per heavy atom. The highest BCUT2D eigenvalue weighted by Crippen LogP contribution is 2.27. The second-order valence-electron chi connectivity index (χ2n) is 7.02. The van der Waals surface area contributed by atoms with Gasteiger partial charge < -0.3 is 10.3 Å². The topological polar surface area (TPSA) is 122 Å². The number of hydrogen-bond acceptors (Lipinski definition) is 7. The fourth-order valence-corrected chi connectivity index (χ4v) is 4.35. The van der Waals surface area contributed by atoms with Crippen LogP contribution in [0.5, 0.6) is 0 Å². The minimum atomic E-state index is -3.19. The third-order valence-corrected chi connectivity index (χ3v) is 6.57. The van der Waals surface area contributed by atoms with E-state index in [2.05, 4.69) is 5.10 Å². The van der Waals surface area contributed by atoms with Crippen molar-refractivity contribution in [1.82, 2.24) is 18.9 Å². The van der Waals surface area contributed by atoms with Gasteiger partial charge in [0.15, 0.2) is 0 Å². The molecule has 0 spiro atoms. The van der Waals surface area contributed by atoms with Crippen molar-refractivity contribution in [3.05, 3.63) is 74.4 Å². The Bertz CT molecular complexity index is 1320. The monoisotopic (exact) mass is 467 g/mol. The summed E-state index contributed by atoms with van der Waals surface area (Å²) in [7, 11) is -3.19. The van der Waals surface area contributed by atoms with Crippen molar-refractivity contribution in [3.63, 3.8) is 0 Å². The zero-order valence-electron chi connectivity index (χ0n) is 16.8. The van der Waals surface area contributed by atoms with E-state index in [1.54, 1.807) is 12.3 Å². The van der Waals surface area contributed by atoms with Gasteiger partial charge in [0.25, 0.3) is 5.56 Å². The van der Waals surface area contributed by atoms with Gasteiger partial charge in [-0.2, -0.15) is 5.10 Å². The maximum atomic E-state index is 12.7. The molecule has 0 unspecified atom stereocenters. The van der Waals surface area contributed by atoms with Gasteiger partial charge in [0.05, 0.1) is 25.2 Å². The first-order valence-corrected chi connectivity index (χ1v) is 12.2. The molecule has 0 saturated carbocycles. The number of aryl methyl sites for hydroxylation is 1. The van der Waals surface area contributed by atoms with Gasteiger partial charge in [-0.1, -0.05) is 0 Å². The summed E-state index contributed by atoms with van der Waals surface area (Å²) in [4.78, 5) is 26.2. The quantitative estimate of drug-likeness (QED) is 0.498. The Balaban J connectivity index is 1.78. The predicted octanol–water partition coefficient (Wildman–Crippen LogP) is 0.840. The fourth-order valence-electron chi connectivity index (χ4n) is 2.83. The summed E-state index contributed by atoms with van der Waals surface area (Å²) in [5, 5.41) is 4.00. The van der Waals surface area contributed by atoms with Gasteiger partial charge >= 0.3 is 5.69 Å². The lowest BCUT2D eigenvalue weighted by Crippen LogP contribution is -2.26. The van der Waals surface area contributed by atoms with E-state index in [-0.39, 0.29) is 48.8 Å². The molecule has 0 fully saturated rings. The Labute approximate surface area is 181 Å². The van der Waals surface area contributed by atoms with E-state index in [1.807, 2.05) is 12.1 Å². The Kier molecular flexibility index (Phi) is 7.03. The fraction of sp³-hybridized carbons (Fsp3) is 0.316. The zero-order valence-corrected chi connectivity index (χ0v) is 18.4. The van der Waals surface area contributed by atoms with Crippen molar-refractivity contribution in [2.45, 2.75) is 19.6 Å². The molecule has 0 aromatic carbocycles. The summed E-state index contributed by atoms with van der Waals surface area (Å²) in [6, 6.07) is 6.81. The summed E-state index contributed by atoms with van der Waals surface area (Å²) in [5.41, 5.74) is 5.80. The molecule has 2 N–H and O–H groups in total. The normalized spacial score (nSPS) is 12.4. The van der Waals surface area contributed by atoms with Gasteiger partial charge in [-0.05, 0) is 23.8 Å². The number of nitrogens with zero attached hydrogens (tertiary/aromatic N) is 4. The van der Waals surface area contributed by atoms with Crippen LogP contribution in [0, 0.1) is 0 Å². The molecule has 3 aromatic heterocycles. The molecule has 12 heteroatoms. The lowest BCUT2D eigenvalue weighted by molar-refractivity contribution is 0.593. The van der Waals surface area contributed by atoms with Gasteiger partial charge in [-0.25, -0.2) is 22.3 Å². The van der Waals surface area contributed by atoms with E-state index in [0.29, 0.717) is 6.33 Å². The number of sulfone groups is 1. The number of thiophene rings is 1. The highest BCUT2D eigenvalue weighted by atomic mass is 32.2. The van der Waals surface area contributed by atoms with Crippen molar-refractivity contribution in [3.8, 4) is 10.4 Å². The predicted molar refractivity (Wildman–Crippen MR) is 118 cm³/mol. The van der Waals surface area contributed by atoms with Crippen LogP contribution in [0.3, 0.4) is 0 Å². The second-order valence-corrected chi connectivity index (χ2v) is 10.4. The van der Waals surface area contributed by atoms with Gasteiger partial charge in [0.1, 0.15) is 16.2 Å². The van der Waals surface area contributed by atoms with Crippen LogP contribution in [0.1, 0.15) is 4.88 Å². The maximum absolute atomic E-state index is 12.7. The Hall–Kier alpha value is -2.83. The molecule has 0 amide bonds. The molecule has 166 valence electrons. The third-order valence-electron chi connectivity index (χ3n) is 4.53. The van der Waals surface area contributed by atoms with Crippen molar-refractivity contribution < 1.29 is 12.8 Å². The van der Waals surface area contributed by atoms with Crippen LogP contribution in [0.2, 0.25) is 0 Å². The lowest BCUT2D eigenvalue weighted by atomic mass is 10.2. The van der Waals surface area contributed by atoms with Crippen LogP contribution >= 0.6 is 11.3 Å². The first kappa shape index (κ1) is 22.8. The largest absolute Gasteiger partial charge is 0.346 e. The molecule has 0 atom stereocenters. The molecule has 3 rings (SSSR count). The third kappa shape index (κ3) is 5.87. The van der Waals surface area contributed by atoms with Crippen molar-refractivity contribution in [2.75, 3.05) is 18.6 Å². The summed E-state index contributed by atoms with van der Waals surface area (Å²) in [5.74, 6) is -0.123. The molecule has 0 aliphatic heterocycles. The Morgan fingerprint density at radius 1 is 1.23 bits per heavy atom. The van der Waals surface area contributed by atoms with Crippen molar-refractivity contribution in [2.24, 2.45) is 5.73 Å². The molecular formula is C19H22FN5O4S2. The average Bonchev–Trinajstić information content (AvgIpc) is 3.33.